The number of ether oxygens (including phenoxy) is 2. The highest BCUT2D eigenvalue weighted by Crippen LogP contribution is 2.45. The average Bonchev–Trinajstić information content (AvgIpc) is 2.47. The Kier molecular flexibility index (Phi) is 3.43. The second kappa shape index (κ2) is 5.16. The van der Waals surface area contributed by atoms with Gasteiger partial charge in [0.05, 0.1) is 0 Å². The SMILES string of the molecule is Cc1ccc2c(c1)C(Oc1ccc(=O)[nH]n1)C(C)C(C)(C)O2. The molecule has 2 heterocycles. The van der Waals surface area contributed by atoms with Crippen molar-refractivity contribution >= 4 is 0 Å². The van der Waals surface area contributed by atoms with Crippen LogP contribution in [0.5, 0.6) is 11.6 Å². The third-order valence-corrected chi connectivity index (χ3v) is 4.30. The van der Waals surface area contributed by atoms with Crippen LogP contribution >= 0.6 is 0 Å². The molecule has 1 aromatic heterocycles. The van der Waals surface area contributed by atoms with Gasteiger partial charge in [-0.25, -0.2) is 5.10 Å². The Labute approximate surface area is 129 Å². The number of benzene rings is 1. The highest BCUT2D eigenvalue weighted by Gasteiger charge is 2.42. The number of aromatic nitrogens is 2. The van der Waals surface area contributed by atoms with Crippen LogP contribution < -0.4 is 15.0 Å². The standard InChI is InChI=1S/C17H20N2O3/c1-10-5-6-13-12(9-10)16(11(2)17(3,4)22-13)21-15-8-7-14(20)18-19-15/h5-9,11,16H,1-4H3,(H,18,20). The molecular weight excluding hydrogens is 280 g/mol. The Hall–Kier alpha value is -2.30. The molecule has 1 aromatic carbocycles. The maximum atomic E-state index is 11.1. The summed E-state index contributed by atoms with van der Waals surface area (Å²) in [5.41, 5.74) is 1.57. The van der Waals surface area contributed by atoms with Gasteiger partial charge in [-0.15, -0.1) is 5.10 Å². The van der Waals surface area contributed by atoms with Crippen molar-refractivity contribution in [1.82, 2.24) is 10.2 Å². The molecule has 1 aliphatic rings. The number of H-pyrrole nitrogens is 1. The molecule has 2 atom stereocenters. The van der Waals surface area contributed by atoms with Crippen LogP contribution in [0.15, 0.2) is 35.1 Å². The normalized spacial score (nSPS) is 22.5. The molecule has 0 fully saturated rings. The quantitative estimate of drug-likeness (QED) is 0.926. The number of rotatable bonds is 2. The van der Waals surface area contributed by atoms with Crippen molar-refractivity contribution in [3.05, 3.63) is 51.8 Å². The zero-order valence-electron chi connectivity index (χ0n) is 13.2. The highest BCUT2D eigenvalue weighted by molar-refractivity contribution is 5.42. The number of nitrogens with zero attached hydrogens (tertiary/aromatic N) is 1. The average molecular weight is 300 g/mol. The molecule has 0 bridgehead atoms. The second-order valence-corrected chi connectivity index (χ2v) is 6.33. The van der Waals surface area contributed by atoms with E-state index in [-0.39, 0.29) is 23.2 Å². The minimum absolute atomic E-state index is 0.121. The second-order valence-electron chi connectivity index (χ2n) is 6.33. The van der Waals surface area contributed by atoms with Gasteiger partial charge in [-0.1, -0.05) is 18.6 Å². The van der Waals surface area contributed by atoms with E-state index in [0.717, 1.165) is 16.9 Å². The van der Waals surface area contributed by atoms with Crippen LogP contribution in [0.4, 0.5) is 0 Å². The third kappa shape index (κ3) is 2.58. The molecule has 0 saturated heterocycles. The molecule has 0 radical (unpaired) electrons. The van der Waals surface area contributed by atoms with Crippen molar-refractivity contribution in [3.63, 3.8) is 0 Å². The van der Waals surface area contributed by atoms with Gasteiger partial charge in [-0.05, 0) is 32.9 Å². The fourth-order valence-corrected chi connectivity index (χ4v) is 2.69. The summed E-state index contributed by atoms with van der Waals surface area (Å²) in [6.45, 7) is 8.25. The maximum absolute atomic E-state index is 11.1. The van der Waals surface area contributed by atoms with Crippen molar-refractivity contribution in [2.24, 2.45) is 5.92 Å². The van der Waals surface area contributed by atoms with Gasteiger partial charge in [0, 0.05) is 23.6 Å². The molecule has 116 valence electrons. The molecule has 1 aliphatic heterocycles. The molecule has 2 aromatic rings. The summed E-state index contributed by atoms with van der Waals surface area (Å²) >= 11 is 0. The number of fused-ring (bicyclic) bond motifs is 1. The topological polar surface area (TPSA) is 64.2 Å². The van der Waals surface area contributed by atoms with Gasteiger partial charge < -0.3 is 9.47 Å². The molecule has 22 heavy (non-hydrogen) atoms. The van der Waals surface area contributed by atoms with E-state index in [4.69, 9.17) is 9.47 Å². The molecule has 1 N–H and O–H groups in total. The molecule has 2 unspecified atom stereocenters. The van der Waals surface area contributed by atoms with Crippen LogP contribution in [0, 0.1) is 12.8 Å². The zero-order chi connectivity index (χ0) is 15.9. The number of nitrogens with one attached hydrogen (secondary N) is 1. The monoisotopic (exact) mass is 300 g/mol. The van der Waals surface area contributed by atoms with Crippen molar-refractivity contribution in [2.45, 2.75) is 39.4 Å². The third-order valence-electron chi connectivity index (χ3n) is 4.30. The summed E-state index contributed by atoms with van der Waals surface area (Å²) in [6.07, 6.45) is -0.183. The van der Waals surface area contributed by atoms with Crippen LogP contribution in [0.2, 0.25) is 0 Å². The first-order valence-corrected chi connectivity index (χ1v) is 7.39. The summed E-state index contributed by atoms with van der Waals surface area (Å²) in [7, 11) is 0. The van der Waals surface area contributed by atoms with Gasteiger partial charge in [-0.3, -0.25) is 4.79 Å². The minimum Gasteiger partial charge on any atom is -0.487 e. The molecule has 5 heteroatoms. The fourth-order valence-electron chi connectivity index (χ4n) is 2.69. The van der Waals surface area contributed by atoms with Crippen molar-refractivity contribution in [2.75, 3.05) is 0 Å². The molecule has 0 amide bonds. The Morgan fingerprint density at radius 3 is 2.73 bits per heavy atom. The van der Waals surface area contributed by atoms with Crippen LogP contribution in [0.25, 0.3) is 0 Å². The number of hydrogen-bond acceptors (Lipinski definition) is 4. The Bertz CT molecular complexity index is 731. The van der Waals surface area contributed by atoms with E-state index in [1.54, 1.807) is 6.07 Å². The summed E-state index contributed by atoms with van der Waals surface area (Å²) in [4.78, 5) is 11.1. The van der Waals surface area contributed by atoms with Crippen LogP contribution in [-0.2, 0) is 0 Å². The summed E-state index contributed by atoms with van der Waals surface area (Å²) in [5, 5.41) is 6.35. The lowest BCUT2D eigenvalue weighted by molar-refractivity contribution is -0.0361. The molecule has 5 nitrogen and oxygen atoms in total. The largest absolute Gasteiger partial charge is 0.487 e. The predicted molar refractivity (Wildman–Crippen MR) is 83.3 cm³/mol. The predicted octanol–water partition coefficient (Wildman–Crippen LogP) is 3.01. The lowest BCUT2D eigenvalue weighted by atomic mass is 9.81. The van der Waals surface area contributed by atoms with E-state index in [0.29, 0.717) is 5.88 Å². The van der Waals surface area contributed by atoms with E-state index < -0.39 is 0 Å². The first-order valence-electron chi connectivity index (χ1n) is 7.39. The first-order chi connectivity index (χ1) is 10.4. The molecule has 0 spiro atoms. The molecular formula is C17H20N2O3. The lowest BCUT2D eigenvalue weighted by Gasteiger charge is -2.42. The Morgan fingerprint density at radius 2 is 2.05 bits per heavy atom. The van der Waals surface area contributed by atoms with Crippen molar-refractivity contribution < 1.29 is 9.47 Å². The zero-order valence-corrected chi connectivity index (χ0v) is 13.2. The summed E-state index contributed by atoms with van der Waals surface area (Å²) in [5.74, 6) is 1.36. The minimum atomic E-state index is -0.352. The van der Waals surface area contributed by atoms with Gasteiger partial charge in [0.15, 0.2) is 0 Å². The fraction of sp³-hybridized carbons (Fsp3) is 0.412. The molecule has 3 rings (SSSR count). The number of hydrogen-bond donors (Lipinski definition) is 1. The lowest BCUT2D eigenvalue weighted by Crippen LogP contribution is -2.44. The van der Waals surface area contributed by atoms with Gasteiger partial charge in [0.2, 0.25) is 5.88 Å². The summed E-state index contributed by atoms with van der Waals surface area (Å²) < 4.78 is 12.2. The van der Waals surface area contributed by atoms with Crippen molar-refractivity contribution in [1.29, 1.82) is 0 Å². The van der Waals surface area contributed by atoms with E-state index in [1.165, 1.54) is 6.07 Å². The van der Waals surface area contributed by atoms with E-state index in [2.05, 4.69) is 37.0 Å². The maximum Gasteiger partial charge on any atom is 0.264 e. The van der Waals surface area contributed by atoms with Gasteiger partial charge in [0.1, 0.15) is 17.5 Å². The summed E-state index contributed by atoms with van der Waals surface area (Å²) in [6, 6.07) is 9.09. The van der Waals surface area contributed by atoms with Crippen LogP contribution in [0.1, 0.15) is 38.0 Å². The van der Waals surface area contributed by atoms with Crippen molar-refractivity contribution in [3.8, 4) is 11.6 Å². The Morgan fingerprint density at radius 1 is 1.27 bits per heavy atom. The van der Waals surface area contributed by atoms with E-state index >= 15 is 0 Å². The van der Waals surface area contributed by atoms with E-state index in [9.17, 15) is 4.79 Å². The number of aromatic amines is 1. The molecule has 0 saturated carbocycles. The number of aryl methyl sites for hydroxylation is 1. The van der Waals surface area contributed by atoms with Gasteiger partial charge in [0.25, 0.3) is 5.56 Å². The first kappa shape index (κ1) is 14.6. The Balaban J connectivity index is 2.02. The van der Waals surface area contributed by atoms with Crippen LogP contribution in [-0.4, -0.2) is 15.8 Å². The van der Waals surface area contributed by atoms with Gasteiger partial charge in [-0.2, -0.15) is 0 Å². The molecule has 0 aliphatic carbocycles. The van der Waals surface area contributed by atoms with E-state index in [1.807, 2.05) is 19.1 Å². The highest BCUT2D eigenvalue weighted by atomic mass is 16.5. The van der Waals surface area contributed by atoms with Gasteiger partial charge >= 0.3 is 0 Å². The smallest absolute Gasteiger partial charge is 0.264 e. The van der Waals surface area contributed by atoms with Crippen LogP contribution in [0.3, 0.4) is 0 Å².